The topological polar surface area (TPSA) is 36.4 Å². The Labute approximate surface area is 172 Å². The molecule has 0 unspecified atom stereocenters. The van der Waals surface area contributed by atoms with Gasteiger partial charge >= 0.3 is 0 Å². The zero-order valence-corrected chi connectivity index (χ0v) is 17.5. The largest absolute Gasteiger partial charge is 0.345 e. The molecule has 0 N–H and O–H groups in total. The van der Waals surface area contributed by atoms with Crippen molar-refractivity contribution in [2.24, 2.45) is 0 Å². The summed E-state index contributed by atoms with van der Waals surface area (Å²) in [6, 6.07) is 9.34. The minimum atomic E-state index is -0.0714. The molecule has 4 nitrogen and oxygen atoms in total. The summed E-state index contributed by atoms with van der Waals surface area (Å²) in [7, 11) is 0. The zero-order chi connectivity index (χ0) is 19.1. The average molecular weight is 420 g/mol. The highest BCUT2D eigenvalue weighted by molar-refractivity contribution is 7.22. The number of piperazine rings is 1. The van der Waals surface area contributed by atoms with Crippen LogP contribution in [-0.2, 0) is 0 Å². The molecule has 7 heteroatoms. The third-order valence-electron chi connectivity index (χ3n) is 4.81. The SMILES string of the molecule is Cc1cc(C)c2nc(N3CCN(C(=O)c4cc(Cl)ccc4Cl)CC3)sc2c1. The zero-order valence-electron chi connectivity index (χ0n) is 15.1. The van der Waals surface area contributed by atoms with Crippen molar-refractivity contribution < 1.29 is 4.79 Å². The van der Waals surface area contributed by atoms with Crippen LogP contribution in [0.1, 0.15) is 21.5 Å². The van der Waals surface area contributed by atoms with Crippen LogP contribution in [0.2, 0.25) is 10.0 Å². The summed E-state index contributed by atoms with van der Waals surface area (Å²) >= 11 is 13.9. The number of halogens is 2. The van der Waals surface area contributed by atoms with Crippen molar-refractivity contribution in [1.82, 2.24) is 9.88 Å². The van der Waals surface area contributed by atoms with E-state index in [1.165, 1.54) is 15.8 Å². The molecule has 3 aromatic rings. The number of aromatic nitrogens is 1. The molecule has 1 saturated heterocycles. The molecule has 1 aliphatic heterocycles. The number of amides is 1. The Hall–Kier alpha value is -1.82. The highest BCUT2D eigenvalue weighted by Gasteiger charge is 2.25. The van der Waals surface area contributed by atoms with Gasteiger partial charge in [-0.05, 0) is 49.2 Å². The number of nitrogens with zero attached hydrogens (tertiary/aromatic N) is 3. The van der Waals surface area contributed by atoms with Crippen molar-refractivity contribution in [3.05, 3.63) is 57.1 Å². The molecule has 0 atom stereocenters. The summed E-state index contributed by atoms with van der Waals surface area (Å²) in [6.07, 6.45) is 0. The molecule has 1 aromatic heterocycles. The average Bonchev–Trinajstić information content (AvgIpc) is 3.07. The van der Waals surface area contributed by atoms with E-state index in [1.807, 2.05) is 4.90 Å². The Balaban J connectivity index is 1.50. The van der Waals surface area contributed by atoms with Crippen LogP contribution in [0, 0.1) is 13.8 Å². The fourth-order valence-electron chi connectivity index (χ4n) is 3.43. The number of carbonyl (C=O) groups is 1. The molecule has 0 aliphatic carbocycles. The lowest BCUT2D eigenvalue weighted by atomic mass is 10.1. The summed E-state index contributed by atoms with van der Waals surface area (Å²) in [5, 5.41) is 1.97. The highest BCUT2D eigenvalue weighted by atomic mass is 35.5. The van der Waals surface area contributed by atoms with Crippen LogP contribution in [0.4, 0.5) is 5.13 Å². The third kappa shape index (κ3) is 3.64. The number of hydrogen-bond acceptors (Lipinski definition) is 4. The van der Waals surface area contributed by atoms with Crippen molar-refractivity contribution in [3.8, 4) is 0 Å². The molecule has 2 heterocycles. The van der Waals surface area contributed by atoms with Gasteiger partial charge in [0.2, 0.25) is 0 Å². The van der Waals surface area contributed by atoms with Crippen LogP contribution in [0.25, 0.3) is 10.2 Å². The van der Waals surface area contributed by atoms with E-state index in [1.54, 1.807) is 29.5 Å². The van der Waals surface area contributed by atoms with Gasteiger partial charge in [-0.2, -0.15) is 0 Å². The van der Waals surface area contributed by atoms with Crippen LogP contribution < -0.4 is 4.90 Å². The van der Waals surface area contributed by atoms with E-state index < -0.39 is 0 Å². The van der Waals surface area contributed by atoms with Crippen molar-refractivity contribution in [1.29, 1.82) is 0 Å². The number of fused-ring (bicyclic) bond motifs is 1. The maximum absolute atomic E-state index is 12.8. The normalized spacial score (nSPS) is 14.8. The molecule has 0 bridgehead atoms. The van der Waals surface area contributed by atoms with Gasteiger partial charge in [-0.3, -0.25) is 4.79 Å². The maximum Gasteiger partial charge on any atom is 0.255 e. The molecular weight excluding hydrogens is 401 g/mol. The predicted octanol–water partition coefficient (Wildman–Crippen LogP) is 5.18. The maximum atomic E-state index is 12.8. The second kappa shape index (κ2) is 7.30. The molecule has 0 radical (unpaired) electrons. The van der Waals surface area contributed by atoms with E-state index >= 15 is 0 Å². The van der Waals surface area contributed by atoms with Crippen molar-refractivity contribution in [2.75, 3.05) is 31.1 Å². The van der Waals surface area contributed by atoms with E-state index in [9.17, 15) is 4.79 Å². The molecule has 0 saturated carbocycles. The number of aryl methyl sites for hydroxylation is 2. The van der Waals surface area contributed by atoms with Gasteiger partial charge in [0.25, 0.3) is 5.91 Å². The summed E-state index contributed by atoms with van der Waals surface area (Å²) in [5.74, 6) is -0.0714. The van der Waals surface area contributed by atoms with Gasteiger partial charge in [0.05, 0.1) is 20.8 Å². The highest BCUT2D eigenvalue weighted by Crippen LogP contribution is 2.32. The first-order chi connectivity index (χ1) is 12.9. The Morgan fingerprint density at radius 3 is 2.56 bits per heavy atom. The van der Waals surface area contributed by atoms with E-state index in [0.717, 1.165) is 23.7 Å². The van der Waals surface area contributed by atoms with Crippen molar-refractivity contribution in [2.45, 2.75) is 13.8 Å². The Morgan fingerprint density at radius 2 is 1.81 bits per heavy atom. The number of anilines is 1. The van der Waals surface area contributed by atoms with Crippen LogP contribution in [0.5, 0.6) is 0 Å². The van der Waals surface area contributed by atoms with Gasteiger partial charge < -0.3 is 9.80 Å². The molecule has 140 valence electrons. The lowest BCUT2D eigenvalue weighted by molar-refractivity contribution is 0.0747. The number of carbonyl (C=O) groups excluding carboxylic acids is 1. The first-order valence-electron chi connectivity index (χ1n) is 8.79. The van der Waals surface area contributed by atoms with Gasteiger partial charge in [-0.1, -0.05) is 40.6 Å². The number of thiazole rings is 1. The second-order valence-corrected chi connectivity index (χ2v) is 8.68. The lowest BCUT2D eigenvalue weighted by Gasteiger charge is -2.34. The molecule has 2 aromatic carbocycles. The first kappa shape index (κ1) is 18.5. The Bertz CT molecular complexity index is 1030. The van der Waals surface area contributed by atoms with Gasteiger partial charge in [0, 0.05) is 31.2 Å². The monoisotopic (exact) mass is 419 g/mol. The quantitative estimate of drug-likeness (QED) is 0.573. The molecule has 27 heavy (non-hydrogen) atoms. The Kier molecular flexibility index (Phi) is 5.01. The van der Waals surface area contributed by atoms with E-state index in [4.69, 9.17) is 28.2 Å². The van der Waals surface area contributed by atoms with Crippen LogP contribution in [0.3, 0.4) is 0 Å². The fourth-order valence-corrected chi connectivity index (χ4v) is 4.99. The predicted molar refractivity (Wildman–Crippen MR) is 114 cm³/mol. The number of hydrogen-bond donors (Lipinski definition) is 0. The minimum absolute atomic E-state index is 0.0714. The van der Waals surface area contributed by atoms with Crippen LogP contribution in [0.15, 0.2) is 30.3 Å². The fraction of sp³-hybridized carbons (Fsp3) is 0.300. The molecule has 1 aliphatic rings. The van der Waals surface area contributed by atoms with Gasteiger partial charge in [-0.15, -0.1) is 0 Å². The first-order valence-corrected chi connectivity index (χ1v) is 10.4. The molecular formula is C20H19Cl2N3OS. The number of rotatable bonds is 2. The molecule has 1 amide bonds. The van der Waals surface area contributed by atoms with Crippen molar-refractivity contribution >= 4 is 55.8 Å². The minimum Gasteiger partial charge on any atom is -0.345 e. The lowest BCUT2D eigenvalue weighted by Crippen LogP contribution is -2.48. The summed E-state index contributed by atoms with van der Waals surface area (Å²) in [6.45, 7) is 6.98. The van der Waals surface area contributed by atoms with Crippen molar-refractivity contribution in [3.63, 3.8) is 0 Å². The standard InChI is InChI=1S/C20H19Cl2N3OS/c1-12-9-13(2)18-17(10-12)27-20(23-18)25-7-5-24(6-8-25)19(26)15-11-14(21)3-4-16(15)22/h3-4,9-11H,5-8H2,1-2H3. The summed E-state index contributed by atoms with van der Waals surface area (Å²) in [5.41, 5.74) is 3.99. The molecule has 0 spiro atoms. The third-order valence-corrected chi connectivity index (χ3v) is 6.44. The van der Waals surface area contributed by atoms with Gasteiger partial charge in [-0.25, -0.2) is 4.98 Å². The summed E-state index contributed by atoms with van der Waals surface area (Å²) < 4.78 is 1.21. The number of benzene rings is 2. The second-order valence-electron chi connectivity index (χ2n) is 6.83. The summed E-state index contributed by atoms with van der Waals surface area (Å²) in [4.78, 5) is 21.7. The van der Waals surface area contributed by atoms with E-state index in [2.05, 4.69) is 30.9 Å². The van der Waals surface area contributed by atoms with E-state index in [0.29, 0.717) is 28.7 Å². The van der Waals surface area contributed by atoms with Gasteiger partial charge in [0.1, 0.15) is 0 Å². The van der Waals surface area contributed by atoms with Gasteiger partial charge in [0.15, 0.2) is 5.13 Å². The van der Waals surface area contributed by atoms with E-state index in [-0.39, 0.29) is 5.91 Å². The smallest absolute Gasteiger partial charge is 0.255 e. The molecule has 4 rings (SSSR count). The van der Waals surface area contributed by atoms with Crippen LogP contribution in [-0.4, -0.2) is 42.0 Å². The Morgan fingerprint density at radius 1 is 1.07 bits per heavy atom. The molecule has 1 fully saturated rings. The van der Waals surface area contributed by atoms with Crippen LogP contribution >= 0.6 is 34.5 Å².